The van der Waals surface area contributed by atoms with Gasteiger partial charge in [0.25, 0.3) is 0 Å². The molecule has 1 aromatic heterocycles. The number of hydrogen-bond acceptors (Lipinski definition) is 2. The summed E-state index contributed by atoms with van der Waals surface area (Å²) >= 11 is 5.85. The Morgan fingerprint density at radius 2 is 2.25 bits per heavy atom. The number of nitrogens with one attached hydrogen (secondary N) is 1. The van der Waals surface area contributed by atoms with Gasteiger partial charge in [-0.3, -0.25) is 4.79 Å². The molecule has 4 nitrogen and oxygen atoms in total. The van der Waals surface area contributed by atoms with Gasteiger partial charge in [-0.1, -0.05) is 17.7 Å². The number of benzene rings is 1. The van der Waals surface area contributed by atoms with E-state index in [0.29, 0.717) is 5.02 Å². The second-order valence-electron chi connectivity index (χ2n) is 3.68. The normalized spacial score (nSPS) is 12.9. The molecule has 1 atom stereocenters. The highest BCUT2D eigenvalue weighted by Gasteiger charge is 2.13. The minimum atomic E-state index is -1.00. The monoisotopic (exact) mass is 238 g/mol. The van der Waals surface area contributed by atoms with Crippen LogP contribution in [-0.4, -0.2) is 22.1 Å². The number of carboxylic acids is 1. The number of aromatic amines is 1. The number of nitrogens with two attached hydrogens (primary N) is 1. The molecule has 0 aliphatic rings. The molecule has 0 saturated heterocycles. The Balaban J connectivity index is 2.29. The van der Waals surface area contributed by atoms with Crippen molar-refractivity contribution in [3.05, 3.63) is 35.0 Å². The van der Waals surface area contributed by atoms with Crippen LogP contribution in [0.2, 0.25) is 5.02 Å². The van der Waals surface area contributed by atoms with Crippen molar-refractivity contribution in [3.8, 4) is 0 Å². The van der Waals surface area contributed by atoms with E-state index in [1.54, 1.807) is 12.1 Å². The Labute approximate surface area is 97.0 Å². The van der Waals surface area contributed by atoms with Gasteiger partial charge in [-0.05, 0) is 23.6 Å². The fourth-order valence-electron chi connectivity index (χ4n) is 1.59. The van der Waals surface area contributed by atoms with E-state index in [4.69, 9.17) is 22.4 Å². The Morgan fingerprint density at radius 1 is 1.50 bits per heavy atom. The van der Waals surface area contributed by atoms with Crippen LogP contribution in [0.25, 0.3) is 10.9 Å². The summed E-state index contributed by atoms with van der Waals surface area (Å²) in [6.07, 6.45) is 0.279. The summed E-state index contributed by atoms with van der Waals surface area (Å²) in [5, 5.41) is 10.3. The molecule has 2 rings (SSSR count). The standard InChI is InChI=1S/C11H11ClN2O2/c12-7-2-1-6-3-8(14-10(6)4-7)5-9(13)11(15)16/h1-4,9,14H,5,13H2,(H,15,16). The van der Waals surface area contributed by atoms with Gasteiger partial charge in [-0.2, -0.15) is 0 Å². The number of aliphatic carboxylic acids is 1. The predicted octanol–water partition coefficient (Wildman–Crippen LogP) is 1.78. The number of H-pyrrole nitrogens is 1. The molecule has 16 heavy (non-hydrogen) atoms. The van der Waals surface area contributed by atoms with Crippen molar-refractivity contribution < 1.29 is 9.90 Å². The summed E-state index contributed by atoms with van der Waals surface area (Å²) in [6, 6.07) is 6.47. The van der Waals surface area contributed by atoms with Crippen molar-refractivity contribution in [2.45, 2.75) is 12.5 Å². The van der Waals surface area contributed by atoms with E-state index in [1.165, 1.54) is 0 Å². The second-order valence-corrected chi connectivity index (χ2v) is 4.11. The van der Waals surface area contributed by atoms with Crippen molar-refractivity contribution in [1.82, 2.24) is 4.98 Å². The molecule has 2 aromatic rings. The first kappa shape index (κ1) is 11.0. The summed E-state index contributed by atoms with van der Waals surface area (Å²) in [5.41, 5.74) is 7.14. The van der Waals surface area contributed by atoms with E-state index in [0.717, 1.165) is 16.6 Å². The number of aromatic nitrogens is 1. The van der Waals surface area contributed by atoms with Crippen LogP contribution in [0.4, 0.5) is 0 Å². The summed E-state index contributed by atoms with van der Waals surface area (Å²) in [4.78, 5) is 13.7. The zero-order chi connectivity index (χ0) is 11.7. The van der Waals surface area contributed by atoms with Crippen LogP contribution in [0.5, 0.6) is 0 Å². The van der Waals surface area contributed by atoms with Crippen LogP contribution >= 0.6 is 11.6 Å². The Hall–Kier alpha value is -1.52. The highest BCUT2D eigenvalue weighted by molar-refractivity contribution is 6.31. The van der Waals surface area contributed by atoms with Gasteiger partial charge in [0.15, 0.2) is 0 Å². The molecule has 0 aliphatic carbocycles. The third kappa shape index (κ3) is 2.18. The molecule has 5 heteroatoms. The predicted molar refractivity (Wildman–Crippen MR) is 62.6 cm³/mol. The fraction of sp³-hybridized carbons (Fsp3) is 0.182. The number of halogens is 1. The minimum absolute atomic E-state index is 0.279. The van der Waals surface area contributed by atoms with Crippen molar-refractivity contribution in [2.75, 3.05) is 0 Å². The molecular weight excluding hydrogens is 228 g/mol. The number of fused-ring (bicyclic) bond motifs is 1. The van der Waals surface area contributed by atoms with Gasteiger partial charge >= 0.3 is 5.97 Å². The number of hydrogen-bond donors (Lipinski definition) is 3. The van der Waals surface area contributed by atoms with Crippen LogP contribution in [0, 0.1) is 0 Å². The van der Waals surface area contributed by atoms with Gasteiger partial charge in [-0.25, -0.2) is 0 Å². The maximum absolute atomic E-state index is 10.6. The van der Waals surface area contributed by atoms with E-state index in [1.807, 2.05) is 12.1 Å². The van der Waals surface area contributed by atoms with Gasteiger partial charge in [0.1, 0.15) is 6.04 Å². The summed E-state index contributed by atoms with van der Waals surface area (Å²) in [6.45, 7) is 0. The van der Waals surface area contributed by atoms with Gasteiger partial charge in [0.2, 0.25) is 0 Å². The minimum Gasteiger partial charge on any atom is -0.480 e. The zero-order valence-electron chi connectivity index (χ0n) is 8.40. The SMILES string of the molecule is NC(Cc1cc2ccc(Cl)cc2[nH]1)C(=O)O. The molecular formula is C11H11ClN2O2. The van der Waals surface area contributed by atoms with Gasteiger partial charge in [0, 0.05) is 22.7 Å². The lowest BCUT2D eigenvalue weighted by molar-refractivity contribution is -0.138. The molecule has 0 fully saturated rings. The van der Waals surface area contributed by atoms with Gasteiger partial charge in [-0.15, -0.1) is 0 Å². The van der Waals surface area contributed by atoms with Crippen LogP contribution < -0.4 is 5.73 Å². The first-order valence-corrected chi connectivity index (χ1v) is 5.19. The first-order chi connectivity index (χ1) is 7.56. The van der Waals surface area contributed by atoms with Crippen molar-refractivity contribution in [1.29, 1.82) is 0 Å². The van der Waals surface area contributed by atoms with Crippen LogP contribution in [-0.2, 0) is 11.2 Å². The highest BCUT2D eigenvalue weighted by Crippen LogP contribution is 2.20. The molecule has 0 aliphatic heterocycles. The first-order valence-electron chi connectivity index (χ1n) is 4.82. The highest BCUT2D eigenvalue weighted by atomic mass is 35.5. The molecule has 1 aromatic carbocycles. The average Bonchev–Trinajstić information content (AvgIpc) is 2.58. The van der Waals surface area contributed by atoms with E-state index in [-0.39, 0.29) is 6.42 Å². The number of rotatable bonds is 3. The maximum Gasteiger partial charge on any atom is 0.320 e. The smallest absolute Gasteiger partial charge is 0.320 e. The van der Waals surface area contributed by atoms with E-state index >= 15 is 0 Å². The molecule has 4 N–H and O–H groups in total. The lowest BCUT2D eigenvalue weighted by Crippen LogP contribution is -2.32. The second kappa shape index (κ2) is 4.15. The van der Waals surface area contributed by atoms with Crippen LogP contribution in [0.1, 0.15) is 5.69 Å². The van der Waals surface area contributed by atoms with E-state index < -0.39 is 12.0 Å². The molecule has 0 amide bonds. The Kier molecular flexibility index (Phi) is 2.85. The van der Waals surface area contributed by atoms with Crippen molar-refractivity contribution >= 4 is 28.5 Å². The molecule has 0 spiro atoms. The summed E-state index contributed by atoms with van der Waals surface area (Å²) in [7, 11) is 0. The van der Waals surface area contributed by atoms with E-state index in [9.17, 15) is 4.79 Å². The largest absolute Gasteiger partial charge is 0.480 e. The Bertz CT molecular complexity index is 536. The molecule has 0 bridgehead atoms. The lowest BCUT2D eigenvalue weighted by Gasteiger charge is -2.02. The van der Waals surface area contributed by atoms with Crippen molar-refractivity contribution in [2.24, 2.45) is 5.73 Å². The lowest BCUT2D eigenvalue weighted by atomic mass is 10.1. The maximum atomic E-state index is 10.6. The van der Waals surface area contributed by atoms with Crippen molar-refractivity contribution in [3.63, 3.8) is 0 Å². The number of carbonyl (C=O) groups is 1. The molecule has 0 radical (unpaired) electrons. The Morgan fingerprint density at radius 3 is 2.94 bits per heavy atom. The summed E-state index contributed by atoms with van der Waals surface area (Å²) < 4.78 is 0. The third-order valence-corrected chi connectivity index (χ3v) is 2.63. The summed E-state index contributed by atoms with van der Waals surface area (Å²) in [5.74, 6) is -1.00. The average molecular weight is 239 g/mol. The quantitative estimate of drug-likeness (QED) is 0.763. The zero-order valence-corrected chi connectivity index (χ0v) is 9.16. The fourth-order valence-corrected chi connectivity index (χ4v) is 1.77. The third-order valence-electron chi connectivity index (χ3n) is 2.40. The molecule has 84 valence electrons. The van der Waals surface area contributed by atoms with Gasteiger partial charge < -0.3 is 15.8 Å². The van der Waals surface area contributed by atoms with Crippen LogP contribution in [0.3, 0.4) is 0 Å². The number of carboxylic acid groups (broad SMARTS) is 1. The molecule has 0 saturated carbocycles. The topological polar surface area (TPSA) is 79.1 Å². The molecule has 1 unspecified atom stereocenters. The molecule has 1 heterocycles. The van der Waals surface area contributed by atoms with Gasteiger partial charge in [0.05, 0.1) is 0 Å². The van der Waals surface area contributed by atoms with E-state index in [2.05, 4.69) is 4.98 Å². The van der Waals surface area contributed by atoms with Crippen LogP contribution in [0.15, 0.2) is 24.3 Å².